The normalized spacial score (nSPS) is 10.9. The summed E-state index contributed by atoms with van der Waals surface area (Å²) in [4.78, 5) is 0. The Bertz CT molecular complexity index is 300. The fraction of sp³-hybridized carbons (Fsp3) is 0. The maximum Gasteiger partial charge on any atom is 0.173 e. The molecule has 52 valence electrons. The fourth-order valence-electron chi connectivity index (χ4n) is 0.796. The largest absolute Gasteiger partial charge is 0.499 e. The van der Waals surface area contributed by atoms with Crippen molar-refractivity contribution in [3.8, 4) is 5.06 Å². The van der Waals surface area contributed by atoms with Crippen LogP contribution in [0.3, 0.4) is 0 Å². The summed E-state index contributed by atoms with van der Waals surface area (Å²) in [5, 5.41) is 10.6. The first-order valence-corrected chi connectivity index (χ1v) is 5.06. The molecule has 0 unspecified atom stereocenters. The lowest BCUT2D eigenvalue weighted by molar-refractivity contribution is 0.491. The Morgan fingerprint density at radius 3 is 2.80 bits per heavy atom. The van der Waals surface area contributed by atoms with Crippen molar-refractivity contribution in [3.63, 3.8) is 0 Å². The lowest BCUT2D eigenvalue weighted by Gasteiger charge is -1.73. The minimum Gasteiger partial charge on any atom is -0.499 e. The van der Waals surface area contributed by atoms with E-state index in [4.69, 9.17) is 5.11 Å². The minimum absolute atomic E-state index is 0.397. The van der Waals surface area contributed by atoms with E-state index in [1.165, 1.54) is 15.4 Å². The highest BCUT2D eigenvalue weighted by Crippen LogP contribution is 2.38. The molecule has 0 atom stereocenters. The van der Waals surface area contributed by atoms with Crippen molar-refractivity contribution >= 4 is 48.0 Å². The predicted molar refractivity (Wildman–Crippen MR) is 49.1 cm³/mol. The van der Waals surface area contributed by atoms with E-state index >= 15 is 0 Å². The van der Waals surface area contributed by atoms with Crippen molar-refractivity contribution in [1.82, 2.24) is 0 Å². The zero-order valence-corrected chi connectivity index (χ0v) is 8.02. The molecule has 0 fully saturated rings. The Labute approximate surface area is 74.1 Å². The second-order valence-electron chi connectivity index (χ2n) is 1.88. The van der Waals surface area contributed by atoms with Gasteiger partial charge in [0, 0.05) is 11.5 Å². The molecule has 1 nitrogen and oxygen atoms in total. The minimum atomic E-state index is 0.397. The lowest BCUT2D eigenvalue weighted by atomic mass is 10.4. The van der Waals surface area contributed by atoms with Gasteiger partial charge in [0.15, 0.2) is 5.06 Å². The molecule has 2 rings (SSSR count). The van der Waals surface area contributed by atoms with Crippen LogP contribution in [0.15, 0.2) is 15.9 Å². The summed E-state index contributed by atoms with van der Waals surface area (Å²) in [5.74, 6) is 0. The van der Waals surface area contributed by atoms with Crippen molar-refractivity contribution < 1.29 is 5.11 Å². The van der Waals surface area contributed by atoms with Crippen molar-refractivity contribution in [2.24, 2.45) is 0 Å². The fourth-order valence-corrected chi connectivity index (χ4v) is 3.75. The van der Waals surface area contributed by atoms with Crippen molar-refractivity contribution in [3.05, 3.63) is 15.9 Å². The molecule has 0 aliphatic heterocycles. The maximum atomic E-state index is 9.05. The zero-order valence-electron chi connectivity index (χ0n) is 4.80. The number of thiophene rings is 2. The Morgan fingerprint density at radius 2 is 2.10 bits per heavy atom. The summed E-state index contributed by atoms with van der Waals surface area (Å²) >= 11 is 6.44. The molecule has 4 heteroatoms. The highest BCUT2D eigenvalue weighted by molar-refractivity contribution is 9.11. The Balaban J connectivity index is 2.83. The second-order valence-corrected chi connectivity index (χ2v) is 5.60. The topological polar surface area (TPSA) is 20.2 Å². The van der Waals surface area contributed by atoms with Gasteiger partial charge in [-0.15, -0.1) is 11.3 Å². The van der Waals surface area contributed by atoms with Crippen molar-refractivity contribution in [1.29, 1.82) is 0 Å². The SMILES string of the molecule is Oc1cc2cc(Br)sc2s1. The van der Waals surface area contributed by atoms with Gasteiger partial charge in [0.25, 0.3) is 0 Å². The highest BCUT2D eigenvalue weighted by Gasteiger charge is 2.02. The first kappa shape index (κ1) is 6.64. The van der Waals surface area contributed by atoms with Crippen LogP contribution in [0.1, 0.15) is 0 Å². The molecule has 0 bridgehead atoms. The van der Waals surface area contributed by atoms with E-state index in [0.29, 0.717) is 5.06 Å². The van der Waals surface area contributed by atoms with Crippen LogP contribution in [0, 0.1) is 0 Å². The molecule has 0 radical (unpaired) electrons. The maximum absolute atomic E-state index is 9.05. The third-order valence-corrected chi connectivity index (χ3v) is 3.87. The Hall–Kier alpha value is -0.0600. The first-order chi connectivity index (χ1) is 4.75. The molecule has 2 aromatic heterocycles. The van der Waals surface area contributed by atoms with E-state index in [-0.39, 0.29) is 0 Å². The van der Waals surface area contributed by atoms with Crippen LogP contribution in [0.25, 0.3) is 9.40 Å². The van der Waals surface area contributed by atoms with E-state index in [1.54, 1.807) is 17.4 Å². The molecule has 1 N–H and O–H groups in total. The van der Waals surface area contributed by atoms with Crippen LogP contribution in [0.5, 0.6) is 5.06 Å². The van der Waals surface area contributed by atoms with Crippen LogP contribution in [0.2, 0.25) is 0 Å². The molecular formula is C6H3BrOS2. The second kappa shape index (κ2) is 2.22. The molecule has 2 aromatic rings. The quantitative estimate of drug-likeness (QED) is 0.741. The number of hydrogen-bond donors (Lipinski definition) is 1. The third kappa shape index (κ3) is 0.962. The van der Waals surface area contributed by atoms with E-state index < -0.39 is 0 Å². The smallest absolute Gasteiger partial charge is 0.173 e. The lowest BCUT2D eigenvalue weighted by Crippen LogP contribution is -1.44. The average molecular weight is 235 g/mol. The molecule has 10 heavy (non-hydrogen) atoms. The third-order valence-electron chi connectivity index (χ3n) is 1.17. The summed E-state index contributed by atoms with van der Waals surface area (Å²) in [6.07, 6.45) is 0. The molecule has 0 saturated carbocycles. The van der Waals surface area contributed by atoms with Crippen molar-refractivity contribution in [2.75, 3.05) is 0 Å². The van der Waals surface area contributed by atoms with Gasteiger partial charge in [-0.3, -0.25) is 0 Å². The standard InChI is InChI=1S/C6H3BrOS2/c7-4-1-3-2-5(8)10-6(3)9-4/h1-2,8H. The molecule has 0 saturated heterocycles. The summed E-state index contributed by atoms with van der Waals surface area (Å²) in [5.41, 5.74) is 0. The average Bonchev–Trinajstić information content (AvgIpc) is 2.21. The van der Waals surface area contributed by atoms with Gasteiger partial charge < -0.3 is 5.11 Å². The summed E-state index contributed by atoms with van der Waals surface area (Å²) in [6.45, 7) is 0. The van der Waals surface area contributed by atoms with Gasteiger partial charge in [0.05, 0.1) is 7.80 Å². The number of halogens is 1. The van der Waals surface area contributed by atoms with E-state index in [9.17, 15) is 0 Å². The molecule has 0 aliphatic carbocycles. The van der Waals surface area contributed by atoms with E-state index in [0.717, 1.165) is 9.17 Å². The summed E-state index contributed by atoms with van der Waals surface area (Å²) in [6, 6.07) is 3.79. The van der Waals surface area contributed by atoms with Gasteiger partial charge in [-0.2, -0.15) is 0 Å². The van der Waals surface area contributed by atoms with Crippen LogP contribution < -0.4 is 0 Å². The number of aromatic hydroxyl groups is 1. The van der Waals surface area contributed by atoms with Crippen molar-refractivity contribution in [2.45, 2.75) is 0 Å². The van der Waals surface area contributed by atoms with Gasteiger partial charge in [0.1, 0.15) is 0 Å². The van der Waals surface area contributed by atoms with E-state index in [2.05, 4.69) is 15.9 Å². The van der Waals surface area contributed by atoms with Crippen LogP contribution >= 0.6 is 38.6 Å². The van der Waals surface area contributed by atoms with Crippen LogP contribution in [-0.2, 0) is 0 Å². The zero-order chi connectivity index (χ0) is 7.14. The monoisotopic (exact) mass is 234 g/mol. The van der Waals surface area contributed by atoms with Gasteiger partial charge >= 0.3 is 0 Å². The van der Waals surface area contributed by atoms with Gasteiger partial charge in [-0.1, -0.05) is 11.3 Å². The molecule has 2 heterocycles. The van der Waals surface area contributed by atoms with Crippen LogP contribution in [-0.4, -0.2) is 5.11 Å². The van der Waals surface area contributed by atoms with Gasteiger partial charge in [-0.25, -0.2) is 0 Å². The highest BCUT2D eigenvalue weighted by atomic mass is 79.9. The molecule has 0 amide bonds. The Morgan fingerprint density at radius 1 is 1.30 bits per heavy atom. The molecule has 0 aromatic carbocycles. The summed E-state index contributed by atoms with van der Waals surface area (Å²) < 4.78 is 2.29. The molecule has 0 spiro atoms. The number of rotatable bonds is 0. The number of hydrogen-bond acceptors (Lipinski definition) is 3. The van der Waals surface area contributed by atoms with Gasteiger partial charge in [0.2, 0.25) is 0 Å². The van der Waals surface area contributed by atoms with Gasteiger partial charge in [-0.05, 0) is 22.0 Å². The molecule has 0 aliphatic rings. The Kier molecular flexibility index (Phi) is 1.47. The molecular weight excluding hydrogens is 232 g/mol. The summed E-state index contributed by atoms with van der Waals surface area (Å²) in [7, 11) is 0. The first-order valence-electron chi connectivity index (χ1n) is 2.63. The number of fused-ring (bicyclic) bond motifs is 1. The van der Waals surface area contributed by atoms with Crippen LogP contribution in [0.4, 0.5) is 0 Å². The van der Waals surface area contributed by atoms with E-state index in [1.807, 2.05) is 6.07 Å². The predicted octanol–water partition coefficient (Wildman–Crippen LogP) is 3.43.